The maximum absolute atomic E-state index is 13.1. The van der Waals surface area contributed by atoms with Gasteiger partial charge in [0, 0.05) is 37.1 Å². The zero-order chi connectivity index (χ0) is 21.8. The Morgan fingerprint density at radius 3 is 2.39 bits per heavy atom. The van der Waals surface area contributed by atoms with Crippen LogP contribution < -0.4 is 5.32 Å². The van der Waals surface area contributed by atoms with Crippen molar-refractivity contribution in [2.24, 2.45) is 0 Å². The fourth-order valence-corrected chi connectivity index (χ4v) is 5.48. The summed E-state index contributed by atoms with van der Waals surface area (Å²) in [4.78, 5) is 18.8. The van der Waals surface area contributed by atoms with Crippen molar-refractivity contribution in [3.8, 4) is 11.3 Å². The van der Waals surface area contributed by atoms with Crippen molar-refractivity contribution in [1.29, 1.82) is 0 Å². The van der Waals surface area contributed by atoms with Crippen LogP contribution in [0.3, 0.4) is 0 Å². The number of benzene rings is 2. The Kier molecular flexibility index (Phi) is 6.42. The predicted octanol–water partition coefficient (Wildman–Crippen LogP) is 2.89. The summed E-state index contributed by atoms with van der Waals surface area (Å²) in [5.74, 6) is -0.672. The Morgan fingerprint density at radius 2 is 1.71 bits per heavy atom. The molecule has 1 amide bonds. The first-order chi connectivity index (χ1) is 14.9. The molecule has 2 aromatic carbocycles. The first-order valence-corrected chi connectivity index (χ1v) is 12.0. The van der Waals surface area contributed by atoms with Gasteiger partial charge in [0.05, 0.1) is 17.1 Å². The van der Waals surface area contributed by atoms with E-state index in [2.05, 4.69) is 10.3 Å². The molecule has 2 heterocycles. The van der Waals surface area contributed by atoms with Crippen molar-refractivity contribution in [2.45, 2.75) is 4.90 Å². The molecule has 1 aliphatic heterocycles. The first-order valence-electron chi connectivity index (χ1n) is 9.71. The number of halogens is 1. The second-order valence-electron chi connectivity index (χ2n) is 7.09. The van der Waals surface area contributed by atoms with Gasteiger partial charge in [0.15, 0.2) is 5.13 Å². The van der Waals surface area contributed by atoms with Crippen molar-refractivity contribution < 1.29 is 17.6 Å². The minimum Gasteiger partial charge on any atom is -0.301 e. The normalized spacial score (nSPS) is 15.6. The number of hydrogen-bond donors (Lipinski definition) is 1. The average molecular weight is 461 g/mol. The largest absolute Gasteiger partial charge is 0.301 e. The van der Waals surface area contributed by atoms with Gasteiger partial charge in [-0.25, -0.2) is 17.8 Å². The van der Waals surface area contributed by atoms with Gasteiger partial charge in [0.25, 0.3) is 0 Å². The molecule has 4 rings (SSSR count). The van der Waals surface area contributed by atoms with E-state index in [9.17, 15) is 17.6 Å². The van der Waals surface area contributed by atoms with Crippen molar-refractivity contribution in [2.75, 3.05) is 38.0 Å². The number of aromatic nitrogens is 1. The number of amides is 1. The molecule has 1 aromatic heterocycles. The number of anilines is 1. The molecular formula is C21H21FN4O3S2. The molecule has 7 nitrogen and oxygen atoms in total. The molecule has 0 bridgehead atoms. The second-order valence-corrected chi connectivity index (χ2v) is 9.88. The lowest BCUT2D eigenvalue weighted by Crippen LogP contribution is -2.50. The molecule has 10 heteroatoms. The van der Waals surface area contributed by atoms with Crippen molar-refractivity contribution in [1.82, 2.24) is 14.2 Å². The summed E-state index contributed by atoms with van der Waals surface area (Å²) in [5.41, 5.74) is 1.79. The molecule has 1 aliphatic rings. The van der Waals surface area contributed by atoms with E-state index in [0.29, 0.717) is 18.2 Å². The highest BCUT2D eigenvalue weighted by molar-refractivity contribution is 7.89. The van der Waals surface area contributed by atoms with Gasteiger partial charge in [0.2, 0.25) is 15.9 Å². The van der Waals surface area contributed by atoms with Crippen LogP contribution in [0.25, 0.3) is 11.3 Å². The van der Waals surface area contributed by atoms with E-state index in [1.165, 1.54) is 27.8 Å². The van der Waals surface area contributed by atoms with Gasteiger partial charge in [-0.15, -0.1) is 11.3 Å². The third-order valence-corrected chi connectivity index (χ3v) is 7.64. The van der Waals surface area contributed by atoms with Crippen molar-refractivity contribution in [3.63, 3.8) is 0 Å². The van der Waals surface area contributed by atoms with Crippen LogP contribution in [0.2, 0.25) is 0 Å². The summed E-state index contributed by atoms with van der Waals surface area (Å²) in [6.07, 6.45) is 0. The molecule has 0 spiro atoms. The van der Waals surface area contributed by atoms with E-state index >= 15 is 0 Å². The van der Waals surface area contributed by atoms with Gasteiger partial charge >= 0.3 is 0 Å². The van der Waals surface area contributed by atoms with E-state index in [4.69, 9.17) is 0 Å². The zero-order valence-corrected chi connectivity index (χ0v) is 18.2. The van der Waals surface area contributed by atoms with E-state index in [0.717, 1.165) is 23.4 Å². The number of nitrogens with zero attached hydrogens (tertiary/aromatic N) is 3. The third-order valence-electron chi connectivity index (χ3n) is 4.97. The van der Waals surface area contributed by atoms with E-state index in [-0.39, 0.29) is 30.4 Å². The fraction of sp³-hybridized carbons (Fsp3) is 0.238. The first kappa shape index (κ1) is 21.6. The van der Waals surface area contributed by atoms with E-state index in [1.807, 2.05) is 40.6 Å². The Hall–Kier alpha value is -2.66. The molecule has 31 heavy (non-hydrogen) atoms. The standard InChI is InChI=1S/C21H21FN4O3S2/c22-17-6-8-18(9-7-17)31(28,29)26-12-10-25(11-13-26)14-20(27)24-21-23-19(15-30-21)16-4-2-1-3-5-16/h1-9,15H,10-14H2,(H,23,24,27). The summed E-state index contributed by atoms with van der Waals surface area (Å²) in [5, 5.41) is 5.23. The van der Waals surface area contributed by atoms with Crippen molar-refractivity contribution in [3.05, 3.63) is 65.8 Å². The maximum Gasteiger partial charge on any atom is 0.243 e. The minimum atomic E-state index is -3.67. The monoisotopic (exact) mass is 460 g/mol. The Balaban J connectivity index is 1.29. The molecule has 1 fully saturated rings. The lowest BCUT2D eigenvalue weighted by molar-refractivity contribution is -0.117. The Bertz CT molecular complexity index is 1140. The van der Waals surface area contributed by atoms with E-state index in [1.54, 1.807) is 0 Å². The molecule has 162 valence electrons. The van der Waals surface area contributed by atoms with Crippen LogP contribution in [0.5, 0.6) is 0 Å². The molecule has 0 atom stereocenters. The van der Waals surface area contributed by atoms with Gasteiger partial charge in [-0.2, -0.15) is 4.31 Å². The van der Waals surface area contributed by atoms with Gasteiger partial charge in [-0.3, -0.25) is 9.69 Å². The summed E-state index contributed by atoms with van der Waals surface area (Å²) in [7, 11) is -3.67. The molecule has 0 aliphatic carbocycles. The highest BCUT2D eigenvalue weighted by Crippen LogP contribution is 2.24. The molecular weight excluding hydrogens is 439 g/mol. The van der Waals surface area contributed by atoms with Gasteiger partial charge in [-0.1, -0.05) is 30.3 Å². The van der Waals surface area contributed by atoms with E-state index < -0.39 is 15.8 Å². The van der Waals surface area contributed by atoms with Crippen LogP contribution in [0.15, 0.2) is 64.9 Å². The summed E-state index contributed by atoms with van der Waals surface area (Å²) in [6.45, 7) is 1.55. The Labute approximate surface area is 184 Å². The molecule has 0 saturated carbocycles. The fourth-order valence-electron chi connectivity index (χ4n) is 3.32. The predicted molar refractivity (Wildman–Crippen MR) is 118 cm³/mol. The minimum absolute atomic E-state index is 0.0677. The molecule has 3 aromatic rings. The number of piperazine rings is 1. The van der Waals surface area contributed by atoms with Crippen LogP contribution in [0.1, 0.15) is 0 Å². The van der Waals surface area contributed by atoms with Crippen LogP contribution in [-0.2, 0) is 14.8 Å². The average Bonchev–Trinajstić information content (AvgIpc) is 3.23. The van der Waals surface area contributed by atoms with Gasteiger partial charge in [0.1, 0.15) is 5.82 Å². The number of carbonyl (C=O) groups excluding carboxylic acids is 1. The van der Waals surface area contributed by atoms with Crippen LogP contribution in [0.4, 0.5) is 9.52 Å². The summed E-state index contributed by atoms with van der Waals surface area (Å²) >= 11 is 1.36. The SMILES string of the molecule is O=C(CN1CCN(S(=O)(=O)c2ccc(F)cc2)CC1)Nc1nc(-c2ccccc2)cs1. The topological polar surface area (TPSA) is 82.6 Å². The summed E-state index contributed by atoms with van der Waals surface area (Å²) in [6, 6.07) is 14.5. The maximum atomic E-state index is 13.1. The number of sulfonamides is 1. The van der Waals surface area contributed by atoms with Crippen molar-refractivity contribution >= 4 is 32.4 Å². The number of thiazole rings is 1. The smallest absolute Gasteiger partial charge is 0.243 e. The van der Waals surface area contributed by atoms with Crippen LogP contribution in [-0.4, -0.2) is 61.2 Å². The molecule has 0 unspecified atom stereocenters. The highest BCUT2D eigenvalue weighted by Gasteiger charge is 2.29. The third kappa shape index (κ3) is 5.16. The lowest BCUT2D eigenvalue weighted by atomic mass is 10.2. The molecule has 1 saturated heterocycles. The highest BCUT2D eigenvalue weighted by atomic mass is 32.2. The number of hydrogen-bond acceptors (Lipinski definition) is 6. The van der Waals surface area contributed by atoms with Crippen LogP contribution >= 0.6 is 11.3 Å². The zero-order valence-electron chi connectivity index (χ0n) is 16.6. The summed E-state index contributed by atoms with van der Waals surface area (Å²) < 4.78 is 39.8. The molecule has 1 N–H and O–H groups in total. The lowest BCUT2D eigenvalue weighted by Gasteiger charge is -2.33. The number of nitrogens with one attached hydrogen (secondary N) is 1. The quantitative estimate of drug-likeness (QED) is 0.612. The van der Waals surface area contributed by atoms with Crippen LogP contribution in [0, 0.1) is 5.82 Å². The Morgan fingerprint density at radius 1 is 1.03 bits per heavy atom. The molecule has 0 radical (unpaired) electrons. The number of rotatable bonds is 6. The van der Waals surface area contributed by atoms with Gasteiger partial charge in [-0.05, 0) is 24.3 Å². The second kappa shape index (κ2) is 9.23. The number of carbonyl (C=O) groups is 1. The van der Waals surface area contributed by atoms with Gasteiger partial charge < -0.3 is 5.32 Å².